The fourth-order valence-electron chi connectivity index (χ4n) is 1.82. The third kappa shape index (κ3) is 2.61. The number of halogens is 1. The highest BCUT2D eigenvalue weighted by molar-refractivity contribution is 9.10. The van der Waals surface area contributed by atoms with Crippen LogP contribution in [0.1, 0.15) is 0 Å². The van der Waals surface area contributed by atoms with Gasteiger partial charge in [-0.1, -0.05) is 6.07 Å². The summed E-state index contributed by atoms with van der Waals surface area (Å²) in [5.74, 6) is 1.42. The van der Waals surface area contributed by atoms with Crippen molar-refractivity contribution in [1.29, 1.82) is 0 Å². The number of rotatable bonds is 3. The molecule has 4 nitrogen and oxygen atoms in total. The molecule has 0 atom stereocenters. The molecule has 0 saturated carbocycles. The van der Waals surface area contributed by atoms with Crippen molar-refractivity contribution < 1.29 is 9.47 Å². The van der Waals surface area contributed by atoms with Crippen molar-refractivity contribution in [3.8, 4) is 22.6 Å². The van der Waals surface area contributed by atoms with E-state index >= 15 is 0 Å². The Kier molecular flexibility index (Phi) is 3.85. The Morgan fingerprint density at radius 1 is 0.947 bits per heavy atom. The molecule has 0 heterocycles. The Labute approximate surface area is 120 Å². The zero-order valence-corrected chi connectivity index (χ0v) is 12.3. The lowest BCUT2D eigenvalue weighted by Crippen LogP contribution is -1.97. The van der Waals surface area contributed by atoms with Gasteiger partial charge in [0, 0.05) is 17.3 Å². The van der Waals surface area contributed by atoms with Crippen molar-refractivity contribution in [2.75, 3.05) is 25.7 Å². The van der Waals surface area contributed by atoms with E-state index in [1.54, 1.807) is 14.2 Å². The van der Waals surface area contributed by atoms with Gasteiger partial charge in [0.25, 0.3) is 0 Å². The Balaban J connectivity index is 2.61. The summed E-state index contributed by atoms with van der Waals surface area (Å²) in [6, 6.07) is 9.30. The second kappa shape index (κ2) is 5.40. The fraction of sp³-hybridized carbons (Fsp3) is 0.143. The minimum atomic E-state index is 0.593. The predicted octanol–water partition coefficient (Wildman–Crippen LogP) is 3.30. The Hall–Kier alpha value is -1.88. The average Bonchev–Trinajstić information content (AvgIpc) is 2.44. The molecule has 19 heavy (non-hydrogen) atoms. The van der Waals surface area contributed by atoms with Gasteiger partial charge >= 0.3 is 0 Å². The fourth-order valence-corrected chi connectivity index (χ4v) is 2.17. The van der Waals surface area contributed by atoms with Crippen LogP contribution in [0, 0.1) is 0 Å². The molecule has 0 aliphatic rings. The monoisotopic (exact) mass is 322 g/mol. The summed E-state index contributed by atoms with van der Waals surface area (Å²) < 4.78 is 11.2. The van der Waals surface area contributed by atoms with Crippen molar-refractivity contribution in [3.05, 3.63) is 34.8 Å². The number of benzene rings is 2. The van der Waals surface area contributed by atoms with Crippen LogP contribution in [0.4, 0.5) is 11.4 Å². The molecule has 0 spiro atoms. The number of hydrogen-bond donors (Lipinski definition) is 2. The molecule has 0 aliphatic carbocycles. The number of nitrogens with two attached hydrogens (primary N) is 2. The van der Waals surface area contributed by atoms with E-state index in [9.17, 15) is 0 Å². The smallest absolute Gasteiger partial charge is 0.123 e. The molecule has 0 aromatic heterocycles. The van der Waals surface area contributed by atoms with Crippen molar-refractivity contribution >= 4 is 27.3 Å². The van der Waals surface area contributed by atoms with Gasteiger partial charge in [0.15, 0.2) is 0 Å². The van der Waals surface area contributed by atoms with Crippen LogP contribution in [-0.2, 0) is 0 Å². The Morgan fingerprint density at radius 3 is 2.05 bits per heavy atom. The average molecular weight is 323 g/mol. The molecular formula is C14H15BrN2O2. The van der Waals surface area contributed by atoms with Gasteiger partial charge in [-0.05, 0) is 39.7 Å². The largest absolute Gasteiger partial charge is 0.497 e. The van der Waals surface area contributed by atoms with E-state index < -0.39 is 0 Å². The molecule has 4 N–H and O–H groups in total. The highest BCUT2D eigenvalue weighted by Gasteiger charge is 2.11. The highest BCUT2D eigenvalue weighted by Crippen LogP contribution is 2.38. The summed E-state index contributed by atoms with van der Waals surface area (Å²) in [6.07, 6.45) is 0. The second-order valence-electron chi connectivity index (χ2n) is 4.03. The van der Waals surface area contributed by atoms with E-state index in [1.165, 1.54) is 0 Å². The van der Waals surface area contributed by atoms with Crippen molar-refractivity contribution in [1.82, 2.24) is 0 Å². The van der Waals surface area contributed by atoms with Gasteiger partial charge in [-0.15, -0.1) is 0 Å². The summed E-state index contributed by atoms with van der Waals surface area (Å²) in [6.45, 7) is 0. The third-order valence-corrected chi connectivity index (χ3v) is 3.76. The van der Waals surface area contributed by atoms with E-state index in [2.05, 4.69) is 15.9 Å². The lowest BCUT2D eigenvalue weighted by molar-refractivity contribution is 0.394. The molecular weight excluding hydrogens is 308 g/mol. The van der Waals surface area contributed by atoms with Crippen LogP contribution < -0.4 is 20.9 Å². The van der Waals surface area contributed by atoms with Crippen LogP contribution in [0.5, 0.6) is 11.5 Å². The van der Waals surface area contributed by atoms with Crippen LogP contribution in [0.3, 0.4) is 0 Å². The maximum Gasteiger partial charge on any atom is 0.123 e. The van der Waals surface area contributed by atoms with E-state index in [0.717, 1.165) is 11.1 Å². The van der Waals surface area contributed by atoms with E-state index in [1.807, 2.05) is 30.3 Å². The van der Waals surface area contributed by atoms with Gasteiger partial charge in [0.1, 0.15) is 11.5 Å². The molecule has 2 rings (SSSR count). The quantitative estimate of drug-likeness (QED) is 0.850. The molecule has 2 aromatic carbocycles. The first-order valence-electron chi connectivity index (χ1n) is 5.63. The molecule has 0 amide bonds. The minimum absolute atomic E-state index is 0.593. The molecule has 0 radical (unpaired) electrons. The topological polar surface area (TPSA) is 70.5 Å². The number of anilines is 2. The standard InChI is InChI=1S/C14H15BrN2O2/c1-18-9-5-8(6-10(7-9)19-2)11-3-4-12(16)13(15)14(11)17/h3-7H,16-17H2,1-2H3. The van der Waals surface area contributed by atoms with Crippen LogP contribution in [-0.4, -0.2) is 14.2 Å². The number of nitrogen functional groups attached to an aromatic ring is 2. The SMILES string of the molecule is COc1cc(OC)cc(-c2ccc(N)c(Br)c2N)c1. The first-order valence-corrected chi connectivity index (χ1v) is 6.43. The number of methoxy groups -OCH3 is 2. The first-order chi connectivity index (χ1) is 9.06. The maximum absolute atomic E-state index is 6.09. The molecule has 0 fully saturated rings. The van der Waals surface area contributed by atoms with Gasteiger partial charge in [-0.2, -0.15) is 0 Å². The lowest BCUT2D eigenvalue weighted by atomic mass is 10.0. The summed E-state index contributed by atoms with van der Waals surface area (Å²) in [7, 11) is 3.22. The Bertz CT molecular complexity index is 592. The number of hydrogen-bond acceptors (Lipinski definition) is 4. The van der Waals surface area contributed by atoms with Gasteiger partial charge in [0.2, 0.25) is 0 Å². The zero-order chi connectivity index (χ0) is 14.0. The van der Waals surface area contributed by atoms with Crippen molar-refractivity contribution in [2.24, 2.45) is 0 Å². The predicted molar refractivity (Wildman–Crippen MR) is 81.5 cm³/mol. The van der Waals surface area contributed by atoms with Crippen LogP contribution in [0.25, 0.3) is 11.1 Å². The molecule has 2 aromatic rings. The molecule has 0 unspecified atom stereocenters. The molecule has 0 aliphatic heterocycles. The van der Waals surface area contributed by atoms with Gasteiger partial charge in [0.05, 0.1) is 24.4 Å². The first kappa shape index (κ1) is 13.5. The van der Waals surface area contributed by atoms with E-state index in [-0.39, 0.29) is 0 Å². The van der Waals surface area contributed by atoms with Crippen molar-refractivity contribution in [3.63, 3.8) is 0 Å². The molecule has 5 heteroatoms. The molecule has 0 saturated heterocycles. The van der Waals surface area contributed by atoms with E-state index in [4.69, 9.17) is 20.9 Å². The summed E-state index contributed by atoms with van der Waals surface area (Å²) in [5.41, 5.74) is 14.9. The van der Waals surface area contributed by atoms with E-state index in [0.29, 0.717) is 27.3 Å². The summed E-state index contributed by atoms with van der Waals surface area (Å²) >= 11 is 3.39. The molecule has 0 bridgehead atoms. The highest BCUT2D eigenvalue weighted by atomic mass is 79.9. The van der Waals surface area contributed by atoms with Crippen LogP contribution >= 0.6 is 15.9 Å². The maximum atomic E-state index is 6.09. The third-order valence-electron chi connectivity index (χ3n) is 2.87. The zero-order valence-electron chi connectivity index (χ0n) is 10.7. The minimum Gasteiger partial charge on any atom is -0.497 e. The van der Waals surface area contributed by atoms with Crippen LogP contribution in [0.2, 0.25) is 0 Å². The lowest BCUT2D eigenvalue weighted by Gasteiger charge is -2.12. The van der Waals surface area contributed by atoms with Gasteiger partial charge in [-0.3, -0.25) is 0 Å². The number of ether oxygens (including phenoxy) is 2. The summed E-state index contributed by atoms with van der Waals surface area (Å²) in [4.78, 5) is 0. The van der Waals surface area contributed by atoms with Crippen molar-refractivity contribution in [2.45, 2.75) is 0 Å². The van der Waals surface area contributed by atoms with Gasteiger partial charge < -0.3 is 20.9 Å². The normalized spacial score (nSPS) is 10.3. The molecule has 100 valence electrons. The summed E-state index contributed by atoms with van der Waals surface area (Å²) in [5, 5.41) is 0. The second-order valence-corrected chi connectivity index (χ2v) is 4.82. The Morgan fingerprint density at radius 2 is 1.53 bits per heavy atom. The van der Waals surface area contributed by atoms with Gasteiger partial charge in [-0.25, -0.2) is 0 Å². The van der Waals surface area contributed by atoms with Crippen LogP contribution in [0.15, 0.2) is 34.8 Å².